The summed E-state index contributed by atoms with van der Waals surface area (Å²) in [5.74, 6) is -0.765. The fourth-order valence-corrected chi connectivity index (χ4v) is 3.47. The largest absolute Gasteiger partial charge is 0.390 e. The van der Waals surface area contributed by atoms with Gasteiger partial charge in [-0.05, 0) is 30.5 Å². The minimum Gasteiger partial charge on any atom is -0.390 e. The van der Waals surface area contributed by atoms with E-state index in [0.29, 0.717) is 13.2 Å². The van der Waals surface area contributed by atoms with E-state index < -0.39 is 30.2 Å². The van der Waals surface area contributed by atoms with Crippen molar-refractivity contribution in [1.29, 1.82) is 0 Å². The van der Waals surface area contributed by atoms with Crippen LogP contribution in [0.1, 0.15) is 25.0 Å². The van der Waals surface area contributed by atoms with Gasteiger partial charge in [0, 0.05) is 4.91 Å². The Bertz CT molecular complexity index is 843. The Morgan fingerprint density at radius 1 is 1.06 bits per heavy atom. The van der Waals surface area contributed by atoms with E-state index in [4.69, 9.17) is 24.5 Å². The molecule has 4 atom stereocenters. The number of benzene rings is 2. The summed E-state index contributed by atoms with van der Waals surface area (Å²) in [4.78, 5) is 2.76. The second kappa shape index (κ2) is 11.2. The average Bonchev–Trinajstić information content (AvgIpc) is 3.15. The van der Waals surface area contributed by atoms with E-state index in [-0.39, 0.29) is 13.2 Å². The van der Waals surface area contributed by atoms with Crippen molar-refractivity contribution in [2.24, 2.45) is 5.11 Å². The van der Waals surface area contributed by atoms with E-state index in [9.17, 15) is 5.11 Å². The Balaban J connectivity index is 1.81. The number of nitrogens with zero attached hydrogens (tertiary/aromatic N) is 3. The minimum absolute atomic E-state index is 0.141. The van der Waals surface area contributed by atoms with Crippen LogP contribution in [-0.2, 0) is 32.2 Å². The van der Waals surface area contributed by atoms with Gasteiger partial charge in [-0.2, -0.15) is 0 Å². The Hall–Kier alpha value is -2.45. The Labute approximate surface area is 182 Å². The van der Waals surface area contributed by atoms with E-state index in [1.54, 1.807) is 0 Å². The fraction of sp³-hybridized carbons (Fsp3) is 0.478. The van der Waals surface area contributed by atoms with Crippen molar-refractivity contribution in [2.75, 3.05) is 13.2 Å². The van der Waals surface area contributed by atoms with E-state index >= 15 is 0 Å². The molecule has 1 N–H and O–H groups in total. The highest BCUT2D eigenvalue weighted by Crippen LogP contribution is 2.29. The molecule has 3 rings (SSSR count). The van der Waals surface area contributed by atoms with Crippen molar-refractivity contribution in [1.82, 2.24) is 0 Å². The summed E-state index contributed by atoms with van der Waals surface area (Å²) < 4.78 is 24.1. The highest BCUT2D eigenvalue weighted by molar-refractivity contribution is 5.14. The second-order valence-corrected chi connectivity index (χ2v) is 7.87. The molecule has 0 spiro atoms. The van der Waals surface area contributed by atoms with Crippen LogP contribution in [0.5, 0.6) is 0 Å². The summed E-state index contributed by atoms with van der Waals surface area (Å²) in [6.07, 6.45) is -2.97. The number of ether oxygens (including phenoxy) is 4. The second-order valence-electron chi connectivity index (χ2n) is 7.87. The minimum atomic E-state index is -1.08. The molecule has 0 aliphatic carbocycles. The molecule has 166 valence electrons. The maximum atomic E-state index is 10.8. The molecule has 0 radical (unpaired) electrons. The maximum absolute atomic E-state index is 10.8. The molecule has 1 fully saturated rings. The third-order valence-corrected chi connectivity index (χ3v) is 5.00. The molecule has 1 aliphatic rings. The summed E-state index contributed by atoms with van der Waals surface area (Å²) in [5.41, 5.74) is 10.6. The van der Waals surface area contributed by atoms with Crippen molar-refractivity contribution < 1.29 is 24.1 Å². The zero-order chi connectivity index (χ0) is 22.1. The van der Waals surface area contributed by atoms with Gasteiger partial charge in [-0.1, -0.05) is 65.8 Å². The Morgan fingerprint density at radius 2 is 1.65 bits per heavy atom. The molecule has 0 amide bonds. The fourth-order valence-electron chi connectivity index (χ4n) is 3.47. The van der Waals surface area contributed by atoms with Crippen molar-refractivity contribution in [3.8, 4) is 0 Å². The number of hydrogen-bond donors (Lipinski definition) is 1. The predicted molar refractivity (Wildman–Crippen MR) is 115 cm³/mol. The summed E-state index contributed by atoms with van der Waals surface area (Å²) in [6.45, 7) is 4.39. The summed E-state index contributed by atoms with van der Waals surface area (Å²) in [7, 11) is 0. The molecule has 0 bridgehead atoms. The van der Waals surface area contributed by atoms with Crippen LogP contribution in [0.15, 0.2) is 65.8 Å². The molecule has 0 aromatic heterocycles. The highest BCUT2D eigenvalue weighted by Gasteiger charge is 2.43. The molecule has 8 nitrogen and oxygen atoms in total. The van der Waals surface area contributed by atoms with Crippen molar-refractivity contribution >= 4 is 0 Å². The number of hydrogen-bond acceptors (Lipinski definition) is 6. The van der Waals surface area contributed by atoms with E-state index in [1.165, 1.54) is 0 Å². The number of aliphatic hydroxyl groups excluding tert-OH is 1. The van der Waals surface area contributed by atoms with Gasteiger partial charge in [0.2, 0.25) is 0 Å². The van der Waals surface area contributed by atoms with Crippen LogP contribution in [0.25, 0.3) is 10.4 Å². The predicted octanol–water partition coefficient (Wildman–Crippen LogP) is 3.98. The van der Waals surface area contributed by atoms with Gasteiger partial charge in [0.15, 0.2) is 5.79 Å². The topological polar surface area (TPSA) is 106 Å². The lowest BCUT2D eigenvalue weighted by Gasteiger charge is -2.34. The van der Waals surface area contributed by atoms with Gasteiger partial charge >= 0.3 is 0 Å². The van der Waals surface area contributed by atoms with Crippen molar-refractivity contribution in [3.05, 3.63) is 82.2 Å². The van der Waals surface area contributed by atoms with Crippen LogP contribution >= 0.6 is 0 Å². The van der Waals surface area contributed by atoms with Gasteiger partial charge in [0.05, 0.1) is 32.5 Å². The van der Waals surface area contributed by atoms with Crippen molar-refractivity contribution in [2.45, 2.75) is 57.3 Å². The van der Waals surface area contributed by atoms with E-state index in [0.717, 1.165) is 11.1 Å². The first-order valence-corrected chi connectivity index (χ1v) is 10.3. The summed E-state index contributed by atoms with van der Waals surface area (Å²) >= 11 is 0. The summed E-state index contributed by atoms with van der Waals surface area (Å²) in [5, 5.41) is 14.3. The smallest absolute Gasteiger partial charge is 0.163 e. The van der Waals surface area contributed by atoms with Gasteiger partial charge in [0.25, 0.3) is 0 Å². The third kappa shape index (κ3) is 7.04. The van der Waals surface area contributed by atoms with Crippen LogP contribution in [0.3, 0.4) is 0 Å². The normalized spacial score (nSPS) is 20.5. The van der Waals surface area contributed by atoms with Gasteiger partial charge in [-0.25, -0.2) is 0 Å². The zero-order valence-electron chi connectivity index (χ0n) is 17.8. The quantitative estimate of drug-likeness (QED) is 0.332. The Morgan fingerprint density at radius 3 is 2.16 bits per heavy atom. The lowest BCUT2D eigenvalue weighted by atomic mass is 10.0. The summed E-state index contributed by atoms with van der Waals surface area (Å²) in [6, 6.07) is 19.4. The molecule has 1 heterocycles. The number of azide groups is 1. The van der Waals surface area contributed by atoms with Crippen LogP contribution in [-0.4, -0.2) is 48.5 Å². The van der Waals surface area contributed by atoms with Gasteiger partial charge in [-0.15, -0.1) is 0 Å². The molecule has 1 aliphatic heterocycles. The van der Waals surface area contributed by atoms with Crippen molar-refractivity contribution in [3.63, 3.8) is 0 Å². The Kier molecular flexibility index (Phi) is 8.43. The first kappa shape index (κ1) is 23.2. The van der Waals surface area contributed by atoms with Gasteiger partial charge < -0.3 is 24.1 Å². The lowest BCUT2D eigenvalue weighted by Crippen LogP contribution is -2.50. The molecule has 1 saturated heterocycles. The van der Waals surface area contributed by atoms with E-state index in [1.807, 2.05) is 74.5 Å². The van der Waals surface area contributed by atoms with Crippen LogP contribution in [0.2, 0.25) is 0 Å². The standard InChI is InChI=1S/C23H29N3O5/c1-23(2)30-16-20(31-23)22(29-15-18-11-7-4-8-12-18)21(19(27)13-25-26-24)28-14-17-9-5-3-6-10-17/h3-12,19-22,27H,13-16H2,1-2H3/t19-,20-,21-,22-/m1/s1. The molecule has 2 aromatic carbocycles. The lowest BCUT2D eigenvalue weighted by molar-refractivity contribution is -0.193. The van der Waals surface area contributed by atoms with Crippen LogP contribution in [0, 0.1) is 0 Å². The van der Waals surface area contributed by atoms with E-state index in [2.05, 4.69) is 10.0 Å². The molecule has 8 heteroatoms. The molecular formula is C23H29N3O5. The molecule has 0 unspecified atom stereocenters. The maximum Gasteiger partial charge on any atom is 0.163 e. The average molecular weight is 428 g/mol. The first-order valence-electron chi connectivity index (χ1n) is 10.3. The van der Waals surface area contributed by atoms with Gasteiger partial charge in [0.1, 0.15) is 18.3 Å². The zero-order valence-corrected chi connectivity index (χ0v) is 17.8. The molecule has 31 heavy (non-hydrogen) atoms. The molecule has 2 aromatic rings. The monoisotopic (exact) mass is 427 g/mol. The van der Waals surface area contributed by atoms with Crippen LogP contribution < -0.4 is 0 Å². The number of rotatable bonds is 11. The highest BCUT2D eigenvalue weighted by atomic mass is 16.8. The third-order valence-electron chi connectivity index (χ3n) is 5.00. The molecule has 0 saturated carbocycles. The SMILES string of the molecule is CC1(C)OC[C@H]([C@@H](OCc2ccccc2)[C@H](OCc2ccccc2)[C@H](O)CN=[N+]=[N-])O1. The first-order chi connectivity index (χ1) is 15.0. The molecular weight excluding hydrogens is 398 g/mol. The van der Waals surface area contributed by atoms with Crippen LogP contribution in [0.4, 0.5) is 0 Å². The van der Waals surface area contributed by atoms with Gasteiger partial charge in [-0.3, -0.25) is 0 Å². The number of aliphatic hydroxyl groups is 1.